The highest BCUT2D eigenvalue weighted by molar-refractivity contribution is 6.04. The first-order chi connectivity index (χ1) is 9.27. The first-order valence-electron chi connectivity index (χ1n) is 6.75. The highest BCUT2D eigenvalue weighted by Crippen LogP contribution is 2.32. The lowest BCUT2D eigenvalue weighted by Gasteiger charge is -2.30. The summed E-state index contributed by atoms with van der Waals surface area (Å²) in [5.74, 6) is 0.0450. The van der Waals surface area contributed by atoms with Crippen molar-refractivity contribution in [3.8, 4) is 0 Å². The Labute approximate surface area is 112 Å². The molecule has 0 bridgehead atoms. The summed E-state index contributed by atoms with van der Waals surface area (Å²) in [6.07, 6.45) is 7.87. The molecular formula is C16H17NO2. The Kier molecular flexibility index (Phi) is 3.22. The van der Waals surface area contributed by atoms with Crippen molar-refractivity contribution in [1.29, 1.82) is 0 Å². The zero-order chi connectivity index (χ0) is 13.2. The van der Waals surface area contributed by atoms with E-state index in [9.17, 15) is 10.0 Å². The Hall–Kier alpha value is -1.87. The van der Waals surface area contributed by atoms with E-state index in [1.54, 1.807) is 18.2 Å². The molecule has 1 unspecified atom stereocenters. The van der Waals surface area contributed by atoms with Crippen molar-refractivity contribution in [2.75, 3.05) is 5.06 Å². The fourth-order valence-corrected chi connectivity index (χ4v) is 2.80. The van der Waals surface area contributed by atoms with E-state index in [0.29, 0.717) is 5.69 Å². The minimum Gasteiger partial charge on any atom is -0.292 e. The molecule has 0 spiro atoms. The lowest BCUT2D eigenvalue weighted by atomic mass is 9.83. The van der Waals surface area contributed by atoms with Crippen LogP contribution in [0.25, 0.3) is 0 Å². The highest BCUT2D eigenvalue weighted by Gasteiger charge is 2.31. The molecule has 0 aromatic heterocycles. The van der Waals surface area contributed by atoms with Crippen molar-refractivity contribution >= 4 is 11.5 Å². The molecule has 3 rings (SSSR count). The van der Waals surface area contributed by atoms with Crippen LogP contribution in [0.2, 0.25) is 0 Å². The van der Waals surface area contributed by atoms with Crippen LogP contribution < -0.4 is 5.06 Å². The molecule has 0 aliphatic heterocycles. The molecule has 3 nitrogen and oxygen atoms in total. The predicted octanol–water partition coefficient (Wildman–Crippen LogP) is 3.26. The van der Waals surface area contributed by atoms with E-state index < -0.39 is 6.04 Å². The fourth-order valence-electron chi connectivity index (χ4n) is 2.80. The van der Waals surface area contributed by atoms with E-state index in [2.05, 4.69) is 0 Å². The van der Waals surface area contributed by atoms with Gasteiger partial charge in [0.15, 0.2) is 5.78 Å². The normalized spacial score (nSPS) is 22.4. The van der Waals surface area contributed by atoms with E-state index in [1.807, 2.05) is 24.3 Å². The summed E-state index contributed by atoms with van der Waals surface area (Å²) in [5.41, 5.74) is 2.72. The second-order valence-corrected chi connectivity index (χ2v) is 5.06. The smallest absolute Gasteiger partial charge is 0.187 e. The monoisotopic (exact) mass is 255 g/mol. The second kappa shape index (κ2) is 5.02. The number of allylic oxidation sites excluding steroid dienone is 2. The number of hydrogen-bond acceptors (Lipinski definition) is 3. The van der Waals surface area contributed by atoms with Gasteiger partial charge in [-0.3, -0.25) is 10.0 Å². The van der Waals surface area contributed by atoms with Crippen LogP contribution in [-0.2, 0) is 4.79 Å². The van der Waals surface area contributed by atoms with Crippen molar-refractivity contribution in [3.63, 3.8) is 0 Å². The first-order valence-corrected chi connectivity index (χ1v) is 6.75. The largest absolute Gasteiger partial charge is 0.292 e. The van der Waals surface area contributed by atoms with Gasteiger partial charge in [0.25, 0.3) is 0 Å². The highest BCUT2D eigenvalue weighted by atomic mass is 16.5. The Bertz CT molecular complexity index is 545. The number of hydrogen-bond donors (Lipinski definition) is 1. The third kappa shape index (κ3) is 2.22. The molecule has 19 heavy (non-hydrogen) atoms. The van der Waals surface area contributed by atoms with Gasteiger partial charge in [-0.1, -0.05) is 30.4 Å². The van der Waals surface area contributed by atoms with Crippen LogP contribution in [0, 0.1) is 0 Å². The summed E-state index contributed by atoms with van der Waals surface area (Å²) in [4.78, 5) is 12.5. The molecule has 0 saturated heterocycles. The summed E-state index contributed by atoms with van der Waals surface area (Å²) in [7, 11) is 0. The van der Waals surface area contributed by atoms with Crippen LogP contribution in [0.3, 0.4) is 0 Å². The van der Waals surface area contributed by atoms with E-state index in [-0.39, 0.29) is 5.78 Å². The van der Waals surface area contributed by atoms with Gasteiger partial charge in [-0.25, -0.2) is 5.06 Å². The standard InChI is InChI=1S/C16H17NO2/c18-16-14-9-5-4-6-12(14)10-11-15(16)17(19)13-7-2-1-3-8-13/h1-3,7-8,10-11,15,19H,4-6,9H2. The molecule has 3 heteroatoms. The quantitative estimate of drug-likeness (QED) is 0.825. The number of nitrogens with zero attached hydrogens (tertiary/aromatic N) is 1. The lowest BCUT2D eigenvalue weighted by molar-refractivity contribution is -0.117. The summed E-state index contributed by atoms with van der Waals surface area (Å²) in [6.45, 7) is 0. The van der Waals surface area contributed by atoms with Gasteiger partial charge in [-0.2, -0.15) is 0 Å². The van der Waals surface area contributed by atoms with E-state index in [0.717, 1.165) is 41.9 Å². The number of para-hydroxylation sites is 1. The lowest BCUT2D eigenvalue weighted by Crippen LogP contribution is -2.40. The van der Waals surface area contributed by atoms with E-state index in [1.165, 1.54) is 0 Å². The molecule has 0 fully saturated rings. The molecule has 1 aromatic rings. The Balaban J connectivity index is 1.86. The van der Waals surface area contributed by atoms with Crippen molar-refractivity contribution in [2.45, 2.75) is 31.7 Å². The van der Waals surface area contributed by atoms with Crippen LogP contribution in [0.15, 0.2) is 53.6 Å². The number of Topliss-reactive ketones (excluding diaryl/α,β-unsaturated/α-hetero) is 1. The SMILES string of the molecule is O=C1C2=C(C=CC1N(O)c1ccccc1)CCCC2. The van der Waals surface area contributed by atoms with Crippen LogP contribution in [0.4, 0.5) is 5.69 Å². The minimum atomic E-state index is -0.584. The van der Waals surface area contributed by atoms with Crippen LogP contribution in [0.1, 0.15) is 25.7 Å². The maximum Gasteiger partial charge on any atom is 0.187 e. The molecule has 0 saturated carbocycles. The summed E-state index contributed by atoms with van der Waals surface area (Å²) >= 11 is 0. The molecule has 0 amide bonds. The van der Waals surface area contributed by atoms with Crippen LogP contribution in [0.5, 0.6) is 0 Å². The third-order valence-electron chi connectivity index (χ3n) is 3.84. The average molecular weight is 255 g/mol. The number of rotatable bonds is 2. The van der Waals surface area contributed by atoms with Gasteiger partial charge in [-0.05, 0) is 43.4 Å². The van der Waals surface area contributed by atoms with Crippen molar-refractivity contribution < 1.29 is 10.0 Å². The second-order valence-electron chi connectivity index (χ2n) is 5.06. The van der Waals surface area contributed by atoms with E-state index in [4.69, 9.17) is 0 Å². The number of carbonyl (C=O) groups is 1. The van der Waals surface area contributed by atoms with Crippen molar-refractivity contribution in [2.24, 2.45) is 0 Å². The Morgan fingerprint density at radius 1 is 1.11 bits per heavy atom. The number of hydroxylamine groups is 1. The van der Waals surface area contributed by atoms with Crippen molar-refractivity contribution in [3.05, 3.63) is 53.6 Å². The predicted molar refractivity (Wildman–Crippen MR) is 74.1 cm³/mol. The number of carbonyl (C=O) groups excluding carboxylic acids is 1. The summed E-state index contributed by atoms with van der Waals surface area (Å²) in [5, 5.41) is 11.3. The van der Waals surface area contributed by atoms with Crippen LogP contribution in [-0.4, -0.2) is 17.0 Å². The van der Waals surface area contributed by atoms with Gasteiger partial charge in [0.2, 0.25) is 0 Å². The maximum atomic E-state index is 12.5. The molecule has 0 heterocycles. The van der Waals surface area contributed by atoms with Gasteiger partial charge in [0, 0.05) is 5.57 Å². The Morgan fingerprint density at radius 2 is 1.84 bits per heavy atom. The third-order valence-corrected chi connectivity index (χ3v) is 3.84. The first kappa shape index (κ1) is 12.2. The molecule has 1 aromatic carbocycles. The molecule has 2 aliphatic rings. The number of benzene rings is 1. The molecule has 0 radical (unpaired) electrons. The minimum absolute atomic E-state index is 0.0450. The van der Waals surface area contributed by atoms with Gasteiger partial charge in [-0.15, -0.1) is 0 Å². The zero-order valence-corrected chi connectivity index (χ0v) is 10.7. The van der Waals surface area contributed by atoms with Crippen molar-refractivity contribution in [1.82, 2.24) is 0 Å². The molecular weight excluding hydrogens is 238 g/mol. The maximum absolute atomic E-state index is 12.5. The summed E-state index contributed by atoms with van der Waals surface area (Å²) < 4.78 is 0. The fraction of sp³-hybridized carbons (Fsp3) is 0.312. The summed E-state index contributed by atoms with van der Waals surface area (Å²) in [6, 6.07) is 8.59. The Morgan fingerprint density at radius 3 is 2.63 bits per heavy atom. The molecule has 2 aliphatic carbocycles. The van der Waals surface area contributed by atoms with Crippen LogP contribution >= 0.6 is 0 Å². The van der Waals surface area contributed by atoms with E-state index >= 15 is 0 Å². The van der Waals surface area contributed by atoms with Gasteiger partial charge in [0.1, 0.15) is 6.04 Å². The van der Waals surface area contributed by atoms with Gasteiger partial charge in [0.05, 0.1) is 5.69 Å². The topological polar surface area (TPSA) is 40.5 Å². The molecule has 1 N–H and O–H groups in total. The molecule has 98 valence electrons. The van der Waals surface area contributed by atoms with Gasteiger partial charge >= 0.3 is 0 Å². The zero-order valence-electron chi connectivity index (χ0n) is 10.7. The number of anilines is 1. The number of ketones is 1. The molecule has 1 atom stereocenters. The van der Waals surface area contributed by atoms with Gasteiger partial charge < -0.3 is 0 Å². The average Bonchev–Trinajstić information content (AvgIpc) is 2.48.